The maximum Gasteiger partial charge on any atom is 0.0848 e. The van der Waals surface area contributed by atoms with Crippen LogP contribution in [0.1, 0.15) is 25.8 Å². The van der Waals surface area contributed by atoms with Crippen LogP contribution in [0.5, 0.6) is 0 Å². The van der Waals surface area contributed by atoms with Crippen LogP contribution in [-0.4, -0.2) is 9.52 Å². The van der Waals surface area contributed by atoms with E-state index in [1.807, 2.05) is 12.1 Å². The van der Waals surface area contributed by atoms with E-state index in [-0.39, 0.29) is 0 Å². The number of halogens is 1. The second-order valence-electron chi connectivity index (χ2n) is 3.40. The molecular weight excluding hydrogens is 208 g/mol. The Hall–Kier alpha value is -0.533. The number of hydrogen-bond acceptors (Lipinski definition) is 0. The van der Waals surface area contributed by atoms with Crippen molar-refractivity contribution in [3.05, 3.63) is 36.4 Å². The van der Waals surface area contributed by atoms with Crippen molar-refractivity contribution in [1.82, 2.24) is 0 Å². The first-order chi connectivity index (χ1) is 6.65. The van der Waals surface area contributed by atoms with Gasteiger partial charge in [0.25, 0.3) is 0 Å². The number of rotatable bonds is 4. The smallest absolute Gasteiger partial charge is 0.0843 e. The molecule has 0 aliphatic heterocycles. The van der Waals surface area contributed by atoms with Crippen LogP contribution in [0.4, 0.5) is 0 Å². The van der Waals surface area contributed by atoms with E-state index >= 15 is 0 Å². The first kappa shape index (κ1) is 11.5. The van der Waals surface area contributed by atoms with Gasteiger partial charge in [-0.05, 0) is 11.1 Å². The molecule has 1 atom stereocenters. The third-order valence-electron chi connectivity index (χ3n) is 2.23. The zero-order valence-corrected chi connectivity index (χ0v) is 10.4. The van der Waals surface area contributed by atoms with Crippen molar-refractivity contribution in [2.24, 2.45) is 0 Å². The van der Waals surface area contributed by atoms with Crippen LogP contribution in [0.25, 0.3) is 5.03 Å². The van der Waals surface area contributed by atoms with Gasteiger partial charge >= 0.3 is 0 Å². The highest BCUT2D eigenvalue weighted by atomic mass is 35.5. The van der Waals surface area contributed by atoms with Crippen molar-refractivity contribution < 1.29 is 0 Å². The monoisotopic (exact) mass is 222 g/mol. The highest BCUT2D eigenvalue weighted by Gasteiger charge is 2.07. The first-order valence-corrected chi connectivity index (χ1v) is 6.31. The minimum Gasteiger partial charge on any atom is -0.0843 e. The molecule has 0 bridgehead atoms. The summed E-state index contributed by atoms with van der Waals surface area (Å²) in [6, 6.07) is 8.26. The molecule has 74 valence electrons. The molecule has 2 heteroatoms. The van der Waals surface area contributed by atoms with Gasteiger partial charge in [0.2, 0.25) is 0 Å². The van der Waals surface area contributed by atoms with Crippen molar-refractivity contribution in [2.45, 2.75) is 25.8 Å². The Balaban J connectivity index is 2.90. The van der Waals surface area contributed by atoms with Gasteiger partial charge < -0.3 is 0 Å². The zero-order chi connectivity index (χ0) is 10.6. The molecule has 0 heterocycles. The van der Waals surface area contributed by atoms with Crippen LogP contribution in [0, 0.1) is 0 Å². The maximum atomic E-state index is 5.94. The third kappa shape index (κ3) is 3.00. The first-order valence-electron chi connectivity index (χ1n) is 4.85. The van der Waals surface area contributed by atoms with Crippen molar-refractivity contribution >= 4 is 31.3 Å². The molecular formula is C12H15ClSi. The summed E-state index contributed by atoms with van der Waals surface area (Å²) < 4.78 is 0. The quantitative estimate of drug-likeness (QED) is 0.685. The SMILES string of the molecule is C=C(Cl)c1ccccc1[Si]C(C)CC. The Morgan fingerprint density at radius 1 is 1.50 bits per heavy atom. The molecule has 1 aromatic rings. The summed E-state index contributed by atoms with van der Waals surface area (Å²) in [6.45, 7) is 8.28. The van der Waals surface area contributed by atoms with Crippen LogP contribution in [-0.2, 0) is 0 Å². The summed E-state index contributed by atoms with van der Waals surface area (Å²) in [5.41, 5.74) is 1.83. The summed E-state index contributed by atoms with van der Waals surface area (Å²) in [5.74, 6) is 0. The Labute approximate surface area is 93.8 Å². The molecule has 1 rings (SSSR count). The molecule has 0 saturated heterocycles. The fraction of sp³-hybridized carbons (Fsp3) is 0.333. The fourth-order valence-electron chi connectivity index (χ4n) is 1.21. The molecule has 0 N–H and O–H groups in total. The predicted octanol–water partition coefficient (Wildman–Crippen LogP) is 3.44. The molecule has 0 aliphatic carbocycles. The van der Waals surface area contributed by atoms with Gasteiger partial charge in [-0.15, -0.1) is 0 Å². The average molecular weight is 223 g/mol. The van der Waals surface area contributed by atoms with Gasteiger partial charge in [0, 0.05) is 5.03 Å². The van der Waals surface area contributed by atoms with Gasteiger partial charge in [-0.3, -0.25) is 0 Å². The number of benzene rings is 1. The molecule has 2 radical (unpaired) electrons. The van der Waals surface area contributed by atoms with Gasteiger partial charge in [-0.2, -0.15) is 0 Å². The van der Waals surface area contributed by atoms with E-state index in [9.17, 15) is 0 Å². The van der Waals surface area contributed by atoms with Crippen LogP contribution in [0.15, 0.2) is 30.8 Å². The molecule has 0 spiro atoms. The Morgan fingerprint density at radius 3 is 2.71 bits per heavy atom. The van der Waals surface area contributed by atoms with E-state index in [2.05, 4.69) is 32.6 Å². The van der Waals surface area contributed by atoms with Crippen LogP contribution in [0.3, 0.4) is 0 Å². The second-order valence-corrected chi connectivity index (χ2v) is 5.67. The maximum absolute atomic E-state index is 5.94. The van der Waals surface area contributed by atoms with E-state index in [1.54, 1.807) is 0 Å². The normalized spacial score (nSPS) is 12.5. The zero-order valence-electron chi connectivity index (χ0n) is 8.68. The van der Waals surface area contributed by atoms with E-state index < -0.39 is 0 Å². The largest absolute Gasteiger partial charge is 0.0848 e. The van der Waals surface area contributed by atoms with Gasteiger partial charge in [0.15, 0.2) is 0 Å². The summed E-state index contributed by atoms with van der Waals surface area (Å²) >= 11 is 5.94. The Kier molecular flexibility index (Phi) is 4.43. The lowest BCUT2D eigenvalue weighted by Gasteiger charge is -2.10. The van der Waals surface area contributed by atoms with E-state index in [4.69, 9.17) is 11.6 Å². The van der Waals surface area contributed by atoms with Gasteiger partial charge in [-0.25, -0.2) is 0 Å². The Morgan fingerprint density at radius 2 is 2.14 bits per heavy atom. The summed E-state index contributed by atoms with van der Waals surface area (Å²) in [4.78, 5) is 0. The van der Waals surface area contributed by atoms with Crippen molar-refractivity contribution in [2.75, 3.05) is 0 Å². The topological polar surface area (TPSA) is 0 Å². The molecule has 0 saturated carbocycles. The molecule has 0 aromatic heterocycles. The lowest BCUT2D eigenvalue weighted by molar-refractivity contribution is 0.874. The standard InChI is InChI=1S/C12H15ClSi/c1-4-9(2)14-12-8-6-5-7-11(12)10(3)13/h5-9H,3-4H2,1-2H3. The minimum atomic E-state index is 0.649. The van der Waals surface area contributed by atoms with Crippen LogP contribution >= 0.6 is 11.6 Å². The highest BCUT2D eigenvalue weighted by molar-refractivity contribution is 6.59. The summed E-state index contributed by atoms with van der Waals surface area (Å²) in [5, 5.41) is 1.98. The molecule has 14 heavy (non-hydrogen) atoms. The van der Waals surface area contributed by atoms with Crippen molar-refractivity contribution in [3.8, 4) is 0 Å². The summed E-state index contributed by atoms with van der Waals surface area (Å²) in [6.07, 6.45) is 1.21. The van der Waals surface area contributed by atoms with Crippen molar-refractivity contribution in [1.29, 1.82) is 0 Å². The van der Waals surface area contributed by atoms with Crippen molar-refractivity contribution in [3.63, 3.8) is 0 Å². The molecule has 0 aliphatic rings. The molecule has 1 unspecified atom stereocenters. The minimum absolute atomic E-state index is 0.649. The second kappa shape index (κ2) is 5.37. The van der Waals surface area contributed by atoms with Crippen LogP contribution < -0.4 is 5.19 Å². The lowest BCUT2D eigenvalue weighted by atomic mass is 10.2. The fourth-order valence-corrected chi connectivity index (χ4v) is 2.77. The number of hydrogen-bond donors (Lipinski definition) is 0. The van der Waals surface area contributed by atoms with Gasteiger partial charge in [0.1, 0.15) is 0 Å². The molecule has 1 aromatic carbocycles. The highest BCUT2D eigenvalue weighted by Crippen LogP contribution is 2.15. The predicted molar refractivity (Wildman–Crippen MR) is 66.4 cm³/mol. The average Bonchev–Trinajstić information content (AvgIpc) is 2.18. The van der Waals surface area contributed by atoms with Gasteiger partial charge in [0.05, 0.1) is 9.52 Å². The molecule has 0 nitrogen and oxygen atoms in total. The Bertz CT molecular complexity index is 320. The molecule has 0 fully saturated rings. The van der Waals surface area contributed by atoms with E-state index in [0.29, 0.717) is 5.03 Å². The lowest BCUT2D eigenvalue weighted by Crippen LogP contribution is -2.21. The van der Waals surface area contributed by atoms with E-state index in [1.165, 1.54) is 11.6 Å². The summed E-state index contributed by atoms with van der Waals surface area (Å²) in [7, 11) is 0.825. The third-order valence-corrected chi connectivity index (χ3v) is 4.09. The van der Waals surface area contributed by atoms with Crippen LogP contribution in [0.2, 0.25) is 5.54 Å². The molecule has 0 amide bonds. The van der Waals surface area contributed by atoms with E-state index in [0.717, 1.165) is 20.6 Å². The van der Waals surface area contributed by atoms with Gasteiger partial charge in [-0.1, -0.05) is 67.9 Å².